The van der Waals surface area contributed by atoms with Crippen LogP contribution in [0.2, 0.25) is 0 Å². The van der Waals surface area contributed by atoms with E-state index in [9.17, 15) is 13.2 Å². The SMILES string of the molecule is COc1cccc(/C=C/c2cc(C)c(-c3ccc(C(F)(F)F)cc3OC)nn2)c1. The largest absolute Gasteiger partial charge is 0.497 e. The number of halogens is 3. The molecule has 7 heteroatoms. The van der Waals surface area contributed by atoms with E-state index in [1.165, 1.54) is 13.2 Å². The first-order valence-electron chi connectivity index (χ1n) is 8.74. The topological polar surface area (TPSA) is 44.2 Å². The summed E-state index contributed by atoms with van der Waals surface area (Å²) in [7, 11) is 2.93. The Morgan fingerprint density at radius 2 is 1.69 bits per heavy atom. The third-order valence-corrected chi connectivity index (χ3v) is 4.33. The van der Waals surface area contributed by atoms with Crippen LogP contribution in [0.1, 0.15) is 22.4 Å². The van der Waals surface area contributed by atoms with Gasteiger partial charge in [0.15, 0.2) is 0 Å². The first kappa shape index (κ1) is 20.4. The lowest BCUT2D eigenvalue weighted by atomic mass is 10.0. The third kappa shape index (κ3) is 4.74. The standard InChI is InChI=1S/C22H19F3N2O2/c1-14-11-17(9-7-15-5-4-6-18(12-15)28-2)26-27-21(14)19-10-8-16(22(23,24)25)13-20(19)29-3/h4-13H,1-3H3/b9-7+. The summed E-state index contributed by atoms with van der Waals surface area (Å²) in [5.74, 6) is 0.844. The number of ether oxygens (including phenoxy) is 2. The highest BCUT2D eigenvalue weighted by Crippen LogP contribution is 2.37. The van der Waals surface area contributed by atoms with Gasteiger partial charge < -0.3 is 9.47 Å². The summed E-state index contributed by atoms with van der Waals surface area (Å²) < 4.78 is 49.2. The highest BCUT2D eigenvalue weighted by Gasteiger charge is 2.31. The predicted octanol–water partition coefficient (Wildman–Crippen LogP) is 5.66. The van der Waals surface area contributed by atoms with Gasteiger partial charge in [0.25, 0.3) is 0 Å². The molecule has 0 N–H and O–H groups in total. The molecule has 0 aliphatic carbocycles. The third-order valence-electron chi connectivity index (χ3n) is 4.33. The number of hydrogen-bond donors (Lipinski definition) is 0. The van der Waals surface area contributed by atoms with E-state index in [0.29, 0.717) is 17.0 Å². The number of benzene rings is 2. The zero-order chi connectivity index (χ0) is 21.0. The number of aryl methyl sites for hydroxylation is 1. The predicted molar refractivity (Wildman–Crippen MR) is 106 cm³/mol. The Bertz CT molecular complexity index is 1050. The lowest BCUT2D eigenvalue weighted by molar-refractivity contribution is -0.137. The lowest BCUT2D eigenvalue weighted by Gasteiger charge is -2.13. The molecule has 150 valence electrons. The Morgan fingerprint density at radius 3 is 2.34 bits per heavy atom. The zero-order valence-electron chi connectivity index (χ0n) is 16.1. The summed E-state index contributed by atoms with van der Waals surface area (Å²) in [6.07, 6.45) is -0.756. The van der Waals surface area contributed by atoms with Crippen molar-refractivity contribution < 1.29 is 22.6 Å². The molecule has 0 unspecified atom stereocenters. The van der Waals surface area contributed by atoms with Gasteiger partial charge in [-0.05, 0) is 60.5 Å². The number of nitrogens with zero attached hydrogens (tertiary/aromatic N) is 2. The molecule has 0 saturated heterocycles. The average molecular weight is 400 g/mol. The molecule has 0 aliphatic rings. The number of alkyl halides is 3. The number of hydrogen-bond acceptors (Lipinski definition) is 4. The Labute approximate surface area is 166 Å². The van der Waals surface area contributed by atoms with Crippen molar-refractivity contribution in [1.82, 2.24) is 10.2 Å². The molecule has 0 saturated carbocycles. The van der Waals surface area contributed by atoms with Crippen molar-refractivity contribution in [3.63, 3.8) is 0 Å². The van der Waals surface area contributed by atoms with Gasteiger partial charge in [-0.15, -0.1) is 5.10 Å². The monoisotopic (exact) mass is 400 g/mol. The van der Waals surface area contributed by atoms with Gasteiger partial charge >= 0.3 is 6.18 Å². The smallest absolute Gasteiger partial charge is 0.416 e. The molecule has 0 amide bonds. The first-order valence-corrected chi connectivity index (χ1v) is 8.74. The van der Waals surface area contributed by atoms with Crippen LogP contribution in [0.15, 0.2) is 48.5 Å². The van der Waals surface area contributed by atoms with Crippen LogP contribution >= 0.6 is 0 Å². The fourth-order valence-electron chi connectivity index (χ4n) is 2.84. The Hall–Kier alpha value is -3.35. The van der Waals surface area contributed by atoms with Gasteiger partial charge in [-0.25, -0.2) is 0 Å². The molecule has 1 heterocycles. The first-order chi connectivity index (χ1) is 13.8. The summed E-state index contributed by atoms with van der Waals surface area (Å²) >= 11 is 0. The molecular formula is C22H19F3N2O2. The summed E-state index contributed by atoms with van der Waals surface area (Å²) in [6, 6.07) is 12.7. The molecular weight excluding hydrogens is 381 g/mol. The van der Waals surface area contributed by atoms with Gasteiger partial charge in [0.05, 0.1) is 31.2 Å². The highest BCUT2D eigenvalue weighted by molar-refractivity contribution is 5.73. The molecule has 0 fully saturated rings. The van der Waals surface area contributed by atoms with E-state index in [2.05, 4.69) is 10.2 Å². The van der Waals surface area contributed by atoms with Crippen LogP contribution in [0.3, 0.4) is 0 Å². The second-order valence-electron chi connectivity index (χ2n) is 6.32. The molecule has 0 radical (unpaired) electrons. The summed E-state index contributed by atoms with van der Waals surface area (Å²) in [6.45, 7) is 1.82. The highest BCUT2D eigenvalue weighted by atomic mass is 19.4. The molecule has 0 aliphatic heterocycles. The summed E-state index contributed by atoms with van der Waals surface area (Å²) in [4.78, 5) is 0. The minimum atomic E-state index is -4.44. The number of rotatable bonds is 5. The van der Waals surface area contributed by atoms with Crippen LogP contribution in [0.5, 0.6) is 11.5 Å². The van der Waals surface area contributed by atoms with Gasteiger partial charge in [-0.3, -0.25) is 0 Å². The van der Waals surface area contributed by atoms with Gasteiger partial charge in [0.2, 0.25) is 0 Å². The molecule has 29 heavy (non-hydrogen) atoms. The van der Waals surface area contributed by atoms with E-state index in [0.717, 1.165) is 29.0 Å². The maximum atomic E-state index is 12.9. The minimum absolute atomic E-state index is 0.0943. The molecule has 3 rings (SSSR count). The minimum Gasteiger partial charge on any atom is -0.497 e. The van der Waals surface area contributed by atoms with E-state index in [4.69, 9.17) is 9.47 Å². The number of aromatic nitrogens is 2. The van der Waals surface area contributed by atoms with Crippen molar-refractivity contribution in [2.24, 2.45) is 0 Å². The van der Waals surface area contributed by atoms with Gasteiger partial charge in [-0.1, -0.05) is 18.2 Å². The van der Waals surface area contributed by atoms with Crippen molar-refractivity contribution in [2.75, 3.05) is 14.2 Å². The Balaban J connectivity index is 1.91. The van der Waals surface area contributed by atoms with Gasteiger partial charge in [-0.2, -0.15) is 18.3 Å². The summed E-state index contributed by atoms with van der Waals surface area (Å²) in [5.41, 5.74) is 2.48. The van der Waals surface area contributed by atoms with E-state index in [-0.39, 0.29) is 5.75 Å². The van der Waals surface area contributed by atoms with Crippen LogP contribution < -0.4 is 9.47 Å². The average Bonchev–Trinajstić information content (AvgIpc) is 2.71. The molecule has 0 atom stereocenters. The van der Waals surface area contributed by atoms with Crippen LogP contribution in [0.25, 0.3) is 23.4 Å². The molecule has 0 bridgehead atoms. The van der Waals surface area contributed by atoms with Gasteiger partial charge in [0, 0.05) is 5.56 Å². The Morgan fingerprint density at radius 1 is 0.897 bits per heavy atom. The molecule has 3 aromatic rings. The van der Waals surface area contributed by atoms with E-state index in [1.54, 1.807) is 7.11 Å². The quantitative estimate of drug-likeness (QED) is 0.554. The van der Waals surface area contributed by atoms with Crippen molar-refractivity contribution in [3.8, 4) is 22.8 Å². The molecule has 2 aromatic carbocycles. The molecule has 1 aromatic heterocycles. The second kappa shape index (κ2) is 8.34. The fourth-order valence-corrected chi connectivity index (χ4v) is 2.84. The van der Waals surface area contributed by atoms with Crippen molar-refractivity contribution in [1.29, 1.82) is 0 Å². The van der Waals surface area contributed by atoms with Crippen LogP contribution in [-0.4, -0.2) is 24.4 Å². The fraction of sp³-hybridized carbons (Fsp3) is 0.182. The Kier molecular flexibility index (Phi) is 5.87. The van der Waals surface area contributed by atoms with E-state index in [1.807, 2.05) is 49.4 Å². The van der Waals surface area contributed by atoms with Crippen LogP contribution in [-0.2, 0) is 6.18 Å². The lowest BCUT2D eigenvalue weighted by Crippen LogP contribution is -2.06. The number of methoxy groups -OCH3 is 2. The summed E-state index contributed by atoms with van der Waals surface area (Å²) in [5, 5.41) is 8.38. The van der Waals surface area contributed by atoms with Crippen LogP contribution in [0.4, 0.5) is 13.2 Å². The van der Waals surface area contributed by atoms with E-state index < -0.39 is 11.7 Å². The maximum Gasteiger partial charge on any atom is 0.416 e. The molecule has 0 spiro atoms. The van der Waals surface area contributed by atoms with Crippen molar-refractivity contribution in [2.45, 2.75) is 13.1 Å². The zero-order valence-corrected chi connectivity index (χ0v) is 16.1. The molecule has 4 nitrogen and oxygen atoms in total. The second-order valence-corrected chi connectivity index (χ2v) is 6.32. The van der Waals surface area contributed by atoms with E-state index >= 15 is 0 Å². The normalized spacial score (nSPS) is 11.7. The van der Waals surface area contributed by atoms with Crippen molar-refractivity contribution >= 4 is 12.2 Å². The van der Waals surface area contributed by atoms with Crippen molar-refractivity contribution in [3.05, 3.63) is 70.9 Å². The van der Waals surface area contributed by atoms with Crippen LogP contribution in [0, 0.1) is 6.92 Å². The van der Waals surface area contributed by atoms with Gasteiger partial charge in [0.1, 0.15) is 11.5 Å². The maximum absolute atomic E-state index is 12.9.